The minimum atomic E-state index is -1.28. The molecule has 0 aliphatic heterocycles. The molecule has 0 amide bonds. The van der Waals surface area contributed by atoms with Crippen molar-refractivity contribution in [1.82, 2.24) is 0 Å². The Kier molecular flexibility index (Phi) is 4.15. The third-order valence-electron chi connectivity index (χ3n) is 1.66. The van der Waals surface area contributed by atoms with Crippen LogP contribution in [0.3, 0.4) is 0 Å². The average Bonchev–Trinajstić information content (AvgIpc) is 2.01. The molecule has 80 valence electrons. The van der Waals surface area contributed by atoms with Crippen LogP contribution in [0, 0.1) is 0 Å². The maximum atomic E-state index is 10.6. The molecule has 7 heteroatoms. The van der Waals surface area contributed by atoms with Crippen LogP contribution < -0.4 is 11.5 Å². The van der Waals surface area contributed by atoms with Crippen molar-refractivity contribution in [1.29, 1.82) is 0 Å². The Morgan fingerprint density at radius 1 is 1.00 bits per heavy atom. The SMILES string of the molecule is Nc1cc(C(=O)O)cc(N)c1C(=O)O.[Cr]. The number of carboxylic acid groups (broad SMARTS) is 2. The molecular formula is C8H8CrN2O4. The molecule has 0 bridgehead atoms. The van der Waals surface area contributed by atoms with Crippen molar-refractivity contribution in [3.8, 4) is 0 Å². The van der Waals surface area contributed by atoms with E-state index in [1.165, 1.54) is 0 Å². The van der Waals surface area contributed by atoms with Crippen molar-refractivity contribution in [2.45, 2.75) is 0 Å². The molecule has 0 spiro atoms. The molecule has 0 aliphatic carbocycles. The molecule has 0 aromatic heterocycles. The van der Waals surface area contributed by atoms with Gasteiger partial charge >= 0.3 is 11.9 Å². The number of carboxylic acids is 2. The topological polar surface area (TPSA) is 127 Å². The molecule has 0 saturated carbocycles. The molecule has 6 nitrogen and oxygen atoms in total. The summed E-state index contributed by atoms with van der Waals surface area (Å²) in [5.41, 5.74) is 9.96. The number of aromatic carboxylic acids is 2. The van der Waals surface area contributed by atoms with Crippen LogP contribution in [0.25, 0.3) is 0 Å². The first kappa shape index (κ1) is 13.3. The van der Waals surface area contributed by atoms with Crippen LogP contribution in [0.5, 0.6) is 0 Å². The molecular weight excluding hydrogens is 240 g/mol. The van der Waals surface area contributed by atoms with E-state index in [2.05, 4.69) is 0 Å². The van der Waals surface area contributed by atoms with E-state index < -0.39 is 11.9 Å². The van der Waals surface area contributed by atoms with E-state index in [-0.39, 0.29) is 39.9 Å². The Morgan fingerprint density at radius 2 is 1.40 bits per heavy atom. The van der Waals surface area contributed by atoms with Gasteiger partial charge in [0.1, 0.15) is 5.56 Å². The van der Waals surface area contributed by atoms with Gasteiger partial charge in [-0.15, -0.1) is 0 Å². The Morgan fingerprint density at radius 3 is 1.67 bits per heavy atom. The first-order valence-corrected chi connectivity index (χ1v) is 3.59. The number of hydrogen-bond acceptors (Lipinski definition) is 4. The van der Waals surface area contributed by atoms with Gasteiger partial charge in [-0.25, -0.2) is 9.59 Å². The van der Waals surface area contributed by atoms with Crippen molar-refractivity contribution in [2.75, 3.05) is 11.5 Å². The fraction of sp³-hybridized carbons (Fsp3) is 0. The first-order chi connectivity index (χ1) is 6.43. The summed E-state index contributed by atoms with van der Waals surface area (Å²) in [7, 11) is 0. The van der Waals surface area contributed by atoms with Crippen LogP contribution in [0.1, 0.15) is 20.7 Å². The van der Waals surface area contributed by atoms with Gasteiger partial charge in [0, 0.05) is 28.7 Å². The van der Waals surface area contributed by atoms with E-state index in [1.54, 1.807) is 0 Å². The summed E-state index contributed by atoms with van der Waals surface area (Å²) in [6, 6.07) is 2.12. The van der Waals surface area contributed by atoms with Crippen LogP contribution >= 0.6 is 0 Å². The number of carbonyl (C=O) groups is 2. The molecule has 0 aliphatic rings. The fourth-order valence-corrected chi connectivity index (χ4v) is 1.06. The second-order valence-electron chi connectivity index (χ2n) is 2.64. The van der Waals surface area contributed by atoms with E-state index in [0.717, 1.165) is 12.1 Å². The Bertz CT molecular complexity index is 396. The minimum Gasteiger partial charge on any atom is -0.478 e. The third-order valence-corrected chi connectivity index (χ3v) is 1.66. The van der Waals surface area contributed by atoms with Crippen molar-refractivity contribution in [3.63, 3.8) is 0 Å². The molecule has 6 N–H and O–H groups in total. The zero-order valence-electron chi connectivity index (χ0n) is 7.43. The van der Waals surface area contributed by atoms with Crippen LogP contribution in [0.15, 0.2) is 12.1 Å². The van der Waals surface area contributed by atoms with E-state index >= 15 is 0 Å². The van der Waals surface area contributed by atoms with Crippen LogP contribution in [0.4, 0.5) is 11.4 Å². The van der Waals surface area contributed by atoms with Crippen LogP contribution in [-0.2, 0) is 17.4 Å². The largest absolute Gasteiger partial charge is 0.478 e. The molecule has 1 aromatic carbocycles. The molecule has 0 heterocycles. The number of anilines is 2. The summed E-state index contributed by atoms with van der Waals surface area (Å²) in [6.45, 7) is 0. The molecule has 1 aromatic rings. The number of hydrogen-bond donors (Lipinski definition) is 4. The molecule has 0 radical (unpaired) electrons. The predicted octanol–water partition coefficient (Wildman–Crippen LogP) is 0.245. The number of nitrogens with two attached hydrogens (primary N) is 2. The van der Waals surface area contributed by atoms with Gasteiger partial charge in [0.2, 0.25) is 0 Å². The molecule has 0 saturated heterocycles. The van der Waals surface area contributed by atoms with Crippen molar-refractivity contribution in [3.05, 3.63) is 23.3 Å². The van der Waals surface area contributed by atoms with Gasteiger partial charge in [0.15, 0.2) is 0 Å². The number of nitrogen functional groups attached to an aromatic ring is 2. The second kappa shape index (κ2) is 4.68. The van der Waals surface area contributed by atoms with E-state index in [0.29, 0.717) is 0 Å². The van der Waals surface area contributed by atoms with Crippen LogP contribution in [0.2, 0.25) is 0 Å². The van der Waals surface area contributed by atoms with Gasteiger partial charge in [0.25, 0.3) is 0 Å². The fourth-order valence-electron chi connectivity index (χ4n) is 1.06. The predicted molar refractivity (Wildman–Crippen MR) is 49.2 cm³/mol. The third kappa shape index (κ3) is 2.62. The van der Waals surface area contributed by atoms with E-state index in [9.17, 15) is 9.59 Å². The molecule has 1 rings (SSSR count). The number of rotatable bonds is 2. The van der Waals surface area contributed by atoms with Crippen LogP contribution in [-0.4, -0.2) is 22.2 Å². The van der Waals surface area contributed by atoms with Gasteiger partial charge in [-0.3, -0.25) is 0 Å². The molecule has 0 unspecified atom stereocenters. The van der Waals surface area contributed by atoms with Gasteiger partial charge in [-0.05, 0) is 12.1 Å². The van der Waals surface area contributed by atoms with Gasteiger partial charge in [-0.2, -0.15) is 0 Å². The van der Waals surface area contributed by atoms with E-state index in [1.807, 2.05) is 0 Å². The zero-order chi connectivity index (χ0) is 10.9. The molecule has 0 atom stereocenters. The Hall–Kier alpha value is -1.71. The van der Waals surface area contributed by atoms with Gasteiger partial charge < -0.3 is 21.7 Å². The summed E-state index contributed by atoms with van der Waals surface area (Å²) in [5.74, 6) is -2.49. The normalized spacial score (nSPS) is 9.07. The summed E-state index contributed by atoms with van der Waals surface area (Å²) in [5, 5.41) is 17.3. The second-order valence-corrected chi connectivity index (χ2v) is 2.64. The summed E-state index contributed by atoms with van der Waals surface area (Å²) >= 11 is 0. The summed E-state index contributed by atoms with van der Waals surface area (Å²) in [4.78, 5) is 21.1. The van der Waals surface area contributed by atoms with Crippen molar-refractivity contribution < 1.29 is 37.2 Å². The quantitative estimate of drug-likeness (QED) is 0.555. The average molecular weight is 248 g/mol. The summed E-state index contributed by atoms with van der Waals surface area (Å²) < 4.78 is 0. The van der Waals surface area contributed by atoms with E-state index in [4.69, 9.17) is 21.7 Å². The monoisotopic (exact) mass is 248 g/mol. The molecule has 15 heavy (non-hydrogen) atoms. The summed E-state index contributed by atoms with van der Waals surface area (Å²) in [6.07, 6.45) is 0. The molecule has 0 fully saturated rings. The maximum absolute atomic E-state index is 10.6. The number of benzene rings is 1. The smallest absolute Gasteiger partial charge is 0.339 e. The van der Waals surface area contributed by atoms with Gasteiger partial charge in [0.05, 0.1) is 5.56 Å². The Labute approximate surface area is 95.6 Å². The van der Waals surface area contributed by atoms with Crippen molar-refractivity contribution in [2.24, 2.45) is 0 Å². The Balaban J connectivity index is 0.00000196. The van der Waals surface area contributed by atoms with Crippen molar-refractivity contribution >= 4 is 23.3 Å². The maximum Gasteiger partial charge on any atom is 0.339 e. The minimum absolute atomic E-state index is 0. The zero-order valence-corrected chi connectivity index (χ0v) is 8.70. The van der Waals surface area contributed by atoms with Gasteiger partial charge in [-0.1, -0.05) is 0 Å². The standard InChI is InChI=1S/C8H8N2O4.Cr/c9-4-1-3(7(11)12)2-5(10)6(4)8(13)14;/h1-2H,9-10H2,(H,11,12)(H,13,14);. The first-order valence-electron chi connectivity index (χ1n) is 3.59.